The van der Waals surface area contributed by atoms with Crippen molar-refractivity contribution in [2.75, 3.05) is 6.54 Å². The van der Waals surface area contributed by atoms with Crippen molar-refractivity contribution in [3.8, 4) is 0 Å². The van der Waals surface area contributed by atoms with Gasteiger partial charge in [0.25, 0.3) is 11.5 Å². The average molecular weight is 273 g/mol. The van der Waals surface area contributed by atoms with E-state index in [0.717, 1.165) is 12.8 Å². The summed E-state index contributed by atoms with van der Waals surface area (Å²) in [6.07, 6.45) is 2.05. The standard InChI is InChI=1S/C15H19N3O2/c1-3-10(4-2)9-16-15(20)13-11-7-5-6-8-12(11)14(19)18-17-13/h5-8,10H,3-4,9H2,1-2H3,(H,16,20)(H,18,19). The summed E-state index contributed by atoms with van der Waals surface area (Å²) >= 11 is 0. The average Bonchev–Trinajstić information content (AvgIpc) is 2.48. The van der Waals surface area contributed by atoms with Crippen LogP contribution in [0.4, 0.5) is 0 Å². The third kappa shape index (κ3) is 2.87. The zero-order valence-corrected chi connectivity index (χ0v) is 11.8. The molecule has 0 atom stereocenters. The van der Waals surface area contributed by atoms with Gasteiger partial charge in [0.1, 0.15) is 0 Å². The lowest BCUT2D eigenvalue weighted by Gasteiger charge is -2.13. The van der Waals surface area contributed by atoms with E-state index in [1.807, 2.05) is 0 Å². The predicted molar refractivity (Wildman–Crippen MR) is 78.8 cm³/mol. The lowest BCUT2D eigenvalue weighted by Crippen LogP contribution is -2.30. The van der Waals surface area contributed by atoms with Crippen LogP contribution in [-0.4, -0.2) is 22.6 Å². The molecule has 1 aromatic carbocycles. The Bertz CT molecular complexity index is 659. The molecule has 0 aliphatic carbocycles. The normalized spacial score (nSPS) is 10.9. The van der Waals surface area contributed by atoms with E-state index in [1.165, 1.54) is 0 Å². The van der Waals surface area contributed by atoms with Crippen LogP contribution in [0.15, 0.2) is 29.1 Å². The van der Waals surface area contributed by atoms with Crippen LogP contribution in [0, 0.1) is 5.92 Å². The van der Waals surface area contributed by atoms with Crippen molar-refractivity contribution in [1.29, 1.82) is 0 Å². The molecule has 0 aliphatic rings. The Morgan fingerprint density at radius 2 is 1.90 bits per heavy atom. The lowest BCUT2D eigenvalue weighted by molar-refractivity contribution is 0.0942. The maximum atomic E-state index is 12.2. The van der Waals surface area contributed by atoms with Gasteiger partial charge in [0.15, 0.2) is 5.69 Å². The number of fused-ring (bicyclic) bond motifs is 1. The SMILES string of the molecule is CCC(CC)CNC(=O)c1n[nH]c(=O)c2ccccc12. The molecule has 0 saturated heterocycles. The Morgan fingerprint density at radius 3 is 2.55 bits per heavy atom. The van der Waals surface area contributed by atoms with Crippen LogP contribution in [-0.2, 0) is 0 Å². The van der Waals surface area contributed by atoms with Crippen molar-refractivity contribution in [2.24, 2.45) is 5.92 Å². The summed E-state index contributed by atoms with van der Waals surface area (Å²) in [5.41, 5.74) is -0.0108. The summed E-state index contributed by atoms with van der Waals surface area (Å²) in [7, 11) is 0. The molecule has 0 radical (unpaired) electrons. The van der Waals surface area contributed by atoms with Gasteiger partial charge < -0.3 is 5.32 Å². The van der Waals surface area contributed by atoms with Gasteiger partial charge in [0.2, 0.25) is 0 Å². The quantitative estimate of drug-likeness (QED) is 0.876. The van der Waals surface area contributed by atoms with E-state index in [2.05, 4.69) is 29.4 Å². The molecule has 2 rings (SSSR count). The summed E-state index contributed by atoms with van der Waals surface area (Å²) in [6.45, 7) is 4.84. The number of aromatic nitrogens is 2. The van der Waals surface area contributed by atoms with Crippen molar-refractivity contribution < 1.29 is 4.79 Å². The van der Waals surface area contributed by atoms with E-state index in [9.17, 15) is 9.59 Å². The maximum absolute atomic E-state index is 12.2. The second-order valence-electron chi connectivity index (χ2n) is 4.84. The van der Waals surface area contributed by atoms with Gasteiger partial charge in [-0.05, 0) is 12.0 Å². The monoisotopic (exact) mass is 273 g/mol. The first-order valence-electron chi connectivity index (χ1n) is 6.93. The molecular formula is C15H19N3O2. The largest absolute Gasteiger partial charge is 0.350 e. The number of H-pyrrole nitrogens is 1. The van der Waals surface area contributed by atoms with Crippen LogP contribution in [0.5, 0.6) is 0 Å². The number of carbonyl (C=O) groups excluding carboxylic acids is 1. The van der Waals surface area contributed by atoms with Crippen LogP contribution in [0.1, 0.15) is 37.2 Å². The number of rotatable bonds is 5. The van der Waals surface area contributed by atoms with Crippen LogP contribution in [0.25, 0.3) is 10.8 Å². The molecule has 0 aliphatic heterocycles. The van der Waals surface area contributed by atoms with Crippen LogP contribution in [0.3, 0.4) is 0 Å². The number of nitrogens with zero attached hydrogens (tertiary/aromatic N) is 1. The fraction of sp³-hybridized carbons (Fsp3) is 0.400. The van der Waals surface area contributed by atoms with Gasteiger partial charge >= 0.3 is 0 Å². The molecule has 0 fully saturated rings. The van der Waals surface area contributed by atoms with Crippen LogP contribution < -0.4 is 10.9 Å². The fourth-order valence-corrected chi connectivity index (χ4v) is 2.19. The van der Waals surface area contributed by atoms with Gasteiger partial charge in [-0.3, -0.25) is 9.59 Å². The number of amides is 1. The molecule has 0 unspecified atom stereocenters. The number of hydrogen-bond acceptors (Lipinski definition) is 3. The Kier molecular flexibility index (Phi) is 4.50. The highest BCUT2D eigenvalue weighted by atomic mass is 16.2. The smallest absolute Gasteiger partial charge is 0.272 e. The van der Waals surface area contributed by atoms with Gasteiger partial charge in [-0.25, -0.2) is 5.10 Å². The molecule has 106 valence electrons. The number of hydrogen-bond donors (Lipinski definition) is 2. The predicted octanol–water partition coefficient (Wildman–Crippen LogP) is 2.09. The molecule has 2 aromatic rings. The molecule has 0 spiro atoms. The van der Waals surface area contributed by atoms with Gasteiger partial charge in [0, 0.05) is 11.9 Å². The maximum Gasteiger partial charge on any atom is 0.272 e. The third-order valence-corrected chi connectivity index (χ3v) is 3.62. The highest BCUT2D eigenvalue weighted by Crippen LogP contribution is 2.12. The highest BCUT2D eigenvalue weighted by molar-refractivity contribution is 6.04. The molecule has 1 amide bonds. The molecule has 20 heavy (non-hydrogen) atoms. The summed E-state index contributed by atoms with van der Waals surface area (Å²) in [6, 6.07) is 6.99. The van der Waals surface area contributed by atoms with E-state index < -0.39 is 0 Å². The highest BCUT2D eigenvalue weighted by Gasteiger charge is 2.14. The third-order valence-electron chi connectivity index (χ3n) is 3.62. The van der Waals surface area contributed by atoms with Crippen molar-refractivity contribution >= 4 is 16.7 Å². The molecule has 2 N–H and O–H groups in total. The topological polar surface area (TPSA) is 74.8 Å². The van der Waals surface area contributed by atoms with Crippen molar-refractivity contribution in [3.05, 3.63) is 40.3 Å². The number of benzene rings is 1. The van der Waals surface area contributed by atoms with Crippen LogP contribution >= 0.6 is 0 Å². The second kappa shape index (κ2) is 6.32. The van der Waals surface area contributed by atoms with Gasteiger partial charge in [-0.2, -0.15) is 5.10 Å². The lowest BCUT2D eigenvalue weighted by atomic mass is 10.0. The number of nitrogens with one attached hydrogen (secondary N) is 2. The molecule has 5 heteroatoms. The summed E-state index contributed by atoms with van der Waals surface area (Å²) in [4.78, 5) is 23.9. The first kappa shape index (κ1) is 14.2. The molecule has 5 nitrogen and oxygen atoms in total. The molecule has 1 heterocycles. The molecular weight excluding hydrogens is 254 g/mol. The van der Waals surface area contributed by atoms with Crippen molar-refractivity contribution in [2.45, 2.75) is 26.7 Å². The zero-order chi connectivity index (χ0) is 14.5. The Labute approximate surface area is 117 Å². The van der Waals surface area contributed by atoms with E-state index in [4.69, 9.17) is 0 Å². The summed E-state index contributed by atoms with van der Waals surface area (Å²) in [5, 5.41) is 10.2. The first-order chi connectivity index (χ1) is 9.67. The van der Waals surface area contributed by atoms with Crippen molar-refractivity contribution in [1.82, 2.24) is 15.5 Å². The van der Waals surface area contributed by atoms with Crippen LogP contribution in [0.2, 0.25) is 0 Å². The van der Waals surface area contributed by atoms with E-state index in [1.54, 1.807) is 24.3 Å². The van der Waals surface area contributed by atoms with E-state index in [-0.39, 0.29) is 17.2 Å². The Morgan fingerprint density at radius 1 is 1.25 bits per heavy atom. The minimum Gasteiger partial charge on any atom is -0.350 e. The number of carbonyl (C=O) groups is 1. The van der Waals surface area contributed by atoms with Crippen molar-refractivity contribution in [3.63, 3.8) is 0 Å². The number of aromatic amines is 1. The first-order valence-corrected chi connectivity index (χ1v) is 6.93. The zero-order valence-electron chi connectivity index (χ0n) is 11.8. The fourth-order valence-electron chi connectivity index (χ4n) is 2.19. The van der Waals surface area contributed by atoms with Gasteiger partial charge in [-0.1, -0.05) is 44.9 Å². The minimum atomic E-state index is -0.280. The molecule has 0 saturated carbocycles. The molecule has 1 aromatic heterocycles. The Balaban J connectivity index is 2.27. The summed E-state index contributed by atoms with van der Waals surface area (Å²) < 4.78 is 0. The Hall–Kier alpha value is -2.17. The molecule has 0 bridgehead atoms. The van der Waals surface area contributed by atoms with Gasteiger partial charge in [-0.15, -0.1) is 0 Å². The van der Waals surface area contributed by atoms with Gasteiger partial charge in [0.05, 0.1) is 5.39 Å². The second-order valence-corrected chi connectivity index (χ2v) is 4.84. The van der Waals surface area contributed by atoms with E-state index in [0.29, 0.717) is 23.2 Å². The van der Waals surface area contributed by atoms with E-state index >= 15 is 0 Å². The minimum absolute atomic E-state index is 0.246. The summed E-state index contributed by atoms with van der Waals surface area (Å²) in [5.74, 6) is 0.220.